The molecule has 116 valence electrons. The van der Waals surface area contributed by atoms with E-state index in [0.29, 0.717) is 17.7 Å². The Kier molecular flexibility index (Phi) is 4.05. The highest BCUT2D eigenvalue weighted by Crippen LogP contribution is 2.17. The van der Waals surface area contributed by atoms with Crippen molar-refractivity contribution in [2.75, 3.05) is 7.11 Å². The molecule has 1 aromatic heterocycles. The summed E-state index contributed by atoms with van der Waals surface area (Å²) in [6, 6.07) is 16.6. The van der Waals surface area contributed by atoms with Crippen molar-refractivity contribution in [2.24, 2.45) is 0 Å². The van der Waals surface area contributed by atoms with Crippen LogP contribution in [0.2, 0.25) is 0 Å². The van der Waals surface area contributed by atoms with Gasteiger partial charge in [-0.15, -0.1) is 5.41 Å². The minimum absolute atomic E-state index is 0.216. The summed E-state index contributed by atoms with van der Waals surface area (Å²) in [6.45, 7) is 0. The van der Waals surface area contributed by atoms with Gasteiger partial charge < -0.3 is 9.26 Å². The molecule has 0 amide bonds. The number of benzene rings is 2. The molecule has 6 heteroatoms. The fourth-order valence-corrected chi connectivity index (χ4v) is 2.33. The van der Waals surface area contributed by atoms with Crippen molar-refractivity contribution in [3.05, 3.63) is 70.6 Å². The topological polar surface area (TPSA) is 83.0 Å². The van der Waals surface area contributed by atoms with Gasteiger partial charge in [0.2, 0.25) is 0 Å². The number of hydrogen-bond acceptors (Lipinski definition) is 4. The van der Waals surface area contributed by atoms with Gasteiger partial charge in [0.05, 0.1) is 13.5 Å². The van der Waals surface area contributed by atoms with Gasteiger partial charge >= 0.3 is 11.5 Å². The van der Waals surface area contributed by atoms with E-state index in [-0.39, 0.29) is 11.5 Å². The molecule has 0 unspecified atom stereocenters. The molecule has 2 aromatic carbocycles. The van der Waals surface area contributed by atoms with Gasteiger partial charge in [0.1, 0.15) is 5.75 Å². The van der Waals surface area contributed by atoms with Crippen LogP contribution >= 0.6 is 0 Å². The SMILES string of the molecule is COc1ccc(-c2c(=O)o[nH][n+]2C(=N)Cc2ccccc2)cc1. The maximum atomic E-state index is 12.0. The third-order valence-electron chi connectivity index (χ3n) is 3.49. The predicted molar refractivity (Wildman–Crippen MR) is 84.8 cm³/mol. The van der Waals surface area contributed by atoms with Gasteiger partial charge in [-0.25, -0.2) is 4.79 Å². The number of hydrogen-bond donors (Lipinski definition) is 2. The maximum Gasteiger partial charge on any atom is 0.408 e. The molecule has 0 saturated heterocycles. The molecule has 0 spiro atoms. The van der Waals surface area contributed by atoms with Crippen LogP contribution in [-0.2, 0) is 6.42 Å². The average molecular weight is 310 g/mol. The van der Waals surface area contributed by atoms with Crippen molar-refractivity contribution in [1.29, 1.82) is 5.41 Å². The molecule has 0 radical (unpaired) electrons. The molecule has 1 heterocycles. The molecule has 3 rings (SSSR count). The lowest BCUT2D eigenvalue weighted by atomic mass is 10.1. The van der Waals surface area contributed by atoms with Crippen LogP contribution < -0.4 is 15.0 Å². The quantitative estimate of drug-likeness (QED) is 0.439. The molecular formula is C17H16N3O3+. The fraction of sp³-hybridized carbons (Fsp3) is 0.118. The first-order valence-corrected chi connectivity index (χ1v) is 7.08. The number of rotatable bonds is 4. The summed E-state index contributed by atoms with van der Waals surface area (Å²) in [5.41, 5.74) is 1.40. The Morgan fingerprint density at radius 2 is 1.87 bits per heavy atom. The van der Waals surface area contributed by atoms with E-state index in [1.807, 2.05) is 30.3 Å². The van der Waals surface area contributed by atoms with E-state index in [9.17, 15) is 4.79 Å². The van der Waals surface area contributed by atoms with Crippen molar-refractivity contribution in [2.45, 2.75) is 6.42 Å². The van der Waals surface area contributed by atoms with Crippen LogP contribution in [0.15, 0.2) is 63.9 Å². The number of H-pyrrole nitrogens is 1. The van der Waals surface area contributed by atoms with Crippen LogP contribution in [0.3, 0.4) is 0 Å². The zero-order chi connectivity index (χ0) is 16.2. The van der Waals surface area contributed by atoms with Crippen molar-refractivity contribution < 1.29 is 13.9 Å². The fourth-order valence-electron chi connectivity index (χ4n) is 2.33. The Balaban J connectivity index is 1.94. The standard InChI is InChI=1S/C17H15N3O3/c1-22-14-9-7-13(8-10-14)16-17(21)23-19-20(16)15(18)11-12-5-3-2-4-6-12/h2-10,18H,11H2,1H3/p+1. The molecule has 0 aliphatic heterocycles. The van der Waals surface area contributed by atoms with E-state index in [0.717, 1.165) is 5.56 Å². The van der Waals surface area contributed by atoms with E-state index >= 15 is 0 Å². The van der Waals surface area contributed by atoms with Gasteiger partial charge in [-0.2, -0.15) is 0 Å². The summed E-state index contributed by atoms with van der Waals surface area (Å²) in [5.74, 6) is 0.910. The van der Waals surface area contributed by atoms with Gasteiger partial charge in [0, 0.05) is 5.56 Å². The minimum atomic E-state index is -0.520. The number of methoxy groups -OCH3 is 1. The van der Waals surface area contributed by atoms with Crippen LogP contribution in [0, 0.1) is 5.41 Å². The summed E-state index contributed by atoms with van der Waals surface area (Å²) in [7, 11) is 1.58. The largest absolute Gasteiger partial charge is 0.497 e. The predicted octanol–water partition coefficient (Wildman–Crippen LogP) is 2.00. The van der Waals surface area contributed by atoms with Gasteiger partial charge in [-0.05, 0) is 29.8 Å². The number of nitrogens with one attached hydrogen (secondary N) is 2. The molecule has 0 saturated carbocycles. The van der Waals surface area contributed by atoms with E-state index in [2.05, 4.69) is 5.27 Å². The lowest BCUT2D eigenvalue weighted by Crippen LogP contribution is -2.47. The second kappa shape index (κ2) is 6.31. The van der Waals surface area contributed by atoms with E-state index in [1.165, 1.54) is 4.68 Å². The smallest absolute Gasteiger partial charge is 0.408 e. The third kappa shape index (κ3) is 3.06. The van der Waals surface area contributed by atoms with Crippen LogP contribution in [0.25, 0.3) is 11.3 Å². The Hall–Kier alpha value is -3.15. The highest BCUT2D eigenvalue weighted by atomic mass is 16.5. The molecule has 2 N–H and O–H groups in total. The molecule has 0 atom stereocenters. The molecule has 3 aromatic rings. The minimum Gasteiger partial charge on any atom is -0.497 e. The second-order valence-electron chi connectivity index (χ2n) is 5.00. The van der Waals surface area contributed by atoms with Crippen LogP contribution in [-0.4, -0.2) is 18.2 Å². The molecule has 0 aliphatic rings. The molecule has 6 nitrogen and oxygen atoms in total. The van der Waals surface area contributed by atoms with E-state index in [1.54, 1.807) is 31.4 Å². The number of aromatic amines is 1. The highest BCUT2D eigenvalue weighted by molar-refractivity contribution is 5.74. The number of nitrogens with zero attached hydrogens (tertiary/aromatic N) is 1. The van der Waals surface area contributed by atoms with Crippen molar-refractivity contribution in [1.82, 2.24) is 5.27 Å². The first-order valence-electron chi connectivity index (χ1n) is 7.08. The average Bonchev–Trinajstić information content (AvgIpc) is 2.97. The monoisotopic (exact) mass is 310 g/mol. The van der Waals surface area contributed by atoms with E-state index in [4.69, 9.17) is 14.7 Å². The first kappa shape index (κ1) is 14.8. The normalized spacial score (nSPS) is 10.5. The van der Waals surface area contributed by atoms with Gasteiger partial charge in [-0.3, -0.25) is 0 Å². The number of ether oxygens (including phenoxy) is 1. The molecule has 0 fully saturated rings. The van der Waals surface area contributed by atoms with Crippen LogP contribution in [0.1, 0.15) is 5.56 Å². The Morgan fingerprint density at radius 1 is 1.17 bits per heavy atom. The molecule has 0 aliphatic carbocycles. The van der Waals surface area contributed by atoms with Crippen molar-refractivity contribution in [3.63, 3.8) is 0 Å². The lowest BCUT2D eigenvalue weighted by molar-refractivity contribution is -0.626. The van der Waals surface area contributed by atoms with E-state index < -0.39 is 5.63 Å². The summed E-state index contributed by atoms with van der Waals surface area (Å²) >= 11 is 0. The van der Waals surface area contributed by atoms with Crippen LogP contribution in [0.4, 0.5) is 0 Å². The molecular weight excluding hydrogens is 294 g/mol. The molecule has 0 bridgehead atoms. The highest BCUT2D eigenvalue weighted by Gasteiger charge is 2.24. The number of aromatic nitrogens is 2. The van der Waals surface area contributed by atoms with Gasteiger partial charge in [0.15, 0.2) is 0 Å². The summed E-state index contributed by atoms with van der Waals surface area (Å²) in [4.78, 5) is 12.0. The lowest BCUT2D eigenvalue weighted by Gasteiger charge is -2.02. The molecule has 23 heavy (non-hydrogen) atoms. The summed E-state index contributed by atoms with van der Waals surface area (Å²) in [6.07, 6.45) is 0.379. The van der Waals surface area contributed by atoms with Crippen LogP contribution in [0.5, 0.6) is 5.75 Å². The summed E-state index contributed by atoms with van der Waals surface area (Å²) in [5, 5.41) is 10.8. The van der Waals surface area contributed by atoms with Gasteiger partial charge in [-0.1, -0.05) is 40.3 Å². The third-order valence-corrected chi connectivity index (χ3v) is 3.49. The van der Waals surface area contributed by atoms with Gasteiger partial charge in [0.25, 0.3) is 5.69 Å². The van der Waals surface area contributed by atoms with Crippen molar-refractivity contribution in [3.8, 4) is 17.0 Å². The summed E-state index contributed by atoms with van der Waals surface area (Å²) < 4.78 is 11.3. The zero-order valence-corrected chi connectivity index (χ0v) is 12.6. The Bertz CT molecular complexity index is 864. The van der Waals surface area contributed by atoms with Crippen molar-refractivity contribution >= 4 is 5.84 Å². The Morgan fingerprint density at radius 3 is 2.52 bits per heavy atom. The zero-order valence-electron chi connectivity index (χ0n) is 12.6. The first-order chi connectivity index (χ1) is 11.2. The Labute approximate surface area is 132 Å². The second-order valence-corrected chi connectivity index (χ2v) is 5.00. The maximum absolute atomic E-state index is 12.0.